The van der Waals surface area contributed by atoms with Crippen molar-refractivity contribution in [1.29, 1.82) is 0 Å². The molecule has 0 aliphatic heterocycles. The summed E-state index contributed by atoms with van der Waals surface area (Å²) < 4.78 is 5.80. The van der Waals surface area contributed by atoms with Gasteiger partial charge in [-0.15, -0.1) is 0 Å². The lowest BCUT2D eigenvalue weighted by atomic mass is 10.2. The van der Waals surface area contributed by atoms with Gasteiger partial charge in [0.2, 0.25) is 5.91 Å². The molecule has 0 fully saturated rings. The minimum atomic E-state index is -0.332. The van der Waals surface area contributed by atoms with Gasteiger partial charge in [0.05, 0.1) is 6.61 Å². The molecule has 0 unspecified atom stereocenters. The first kappa shape index (κ1) is 23.9. The number of anilines is 2. The first-order valence-electron chi connectivity index (χ1n) is 10.7. The van der Waals surface area contributed by atoms with Crippen molar-refractivity contribution >= 4 is 40.5 Å². The van der Waals surface area contributed by atoms with Crippen LogP contribution in [0, 0.1) is 5.92 Å². The molecule has 0 saturated carbocycles. The number of rotatable bonds is 8. The van der Waals surface area contributed by atoms with Gasteiger partial charge in [-0.2, -0.15) is 0 Å². The average Bonchev–Trinajstić information content (AvgIpc) is 2.81. The second-order valence-electron chi connectivity index (χ2n) is 7.74. The van der Waals surface area contributed by atoms with Gasteiger partial charge in [0.1, 0.15) is 5.75 Å². The Labute approximate surface area is 199 Å². The van der Waals surface area contributed by atoms with Crippen molar-refractivity contribution in [3.63, 3.8) is 0 Å². The van der Waals surface area contributed by atoms with Crippen molar-refractivity contribution in [3.05, 3.63) is 90.0 Å². The molecule has 6 nitrogen and oxygen atoms in total. The Morgan fingerprint density at radius 1 is 0.879 bits per heavy atom. The fourth-order valence-electron chi connectivity index (χ4n) is 2.92. The Morgan fingerprint density at radius 3 is 2.21 bits per heavy atom. The van der Waals surface area contributed by atoms with Gasteiger partial charge in [-0.3, -0.25) is 14.9 Å². The molecule has 33 heavy (non-hydrogen) atoms. The maximum atomic E-state index is 12.6. The maximum Gasteiger partial charge on any atom is 0.257 e. The number of hydrogen-bond donors (Lipinski definition) is 3. The van der Waals surface area contributed by atoms with Gasteiger partial charge in [-0.05, 0) is 60.2 Å². The third-order valence-corrected chi connectivity index (χ3v) is 4.96. The minimum absolute atomic E-state index is 0.0511. The zero-order valence-electron chi connectivity index (χ0n) is 18.6. The molecule has 0 aromatic heterocycles. The van der Waals surface area contributed by atoms with Gasteiger partial charge >= 0.3 is 0 Å². The minimum Gasteiger partial charge on any atom is -0.493 e. The molecule has 3 aromatic carbocycles. The maximum absolute atomic E-state index is 12.6. The summed E-state index contributed by atoms with van der Waals surface area (Å²) in [6.45, 7) is 4.18. The lowest BCUT2D eigenvalue weighted by Gasteiger charge is -2.12. The highest BCUT2D eigenvalue weighted by Gasteiger charge is 2.10. The molecule has 170 valence electrons. The van der Waals surface area contributed by atoms with Gasteiger partial charge in [0, 0.05) is 29.3 Å². The van der Waals surface area contributed by atoms with Crippen LogP contribution in [0.25, 0.3) is 0 Å². The molecule has 2 amide bonds. The summed E-state index contributed by atoms with van der Waals surface area (Å²) in [5, 5.41) is 8.64. The Hall–Kier alpha value is -3.71. The molecule has 0 aliphatic rings. The van der Waals surface area contributed by atoms with Crippen molar-refractivity contribution in [1.82, 2.24) is 5.32 Å². The normalized spacial score (nSPS) is 10.4. The van der Waals surface area contributed by atoms with Crippen LogP contribution in [0.4, 0.5) is 11.4 Å². The van der Waals surface area contributed by atoms with Crippen molar-refractivity contribution in [2.75, 3.05) is 17.2 Å². The predicted octanol–water partition coefficient (Wildman–Crippen LogP) is 5.03. The third-order valence-electron chi connectivity index (χ3n) is 4.76. The number of amides is 2. The highest BCUT2D eigenvalue weighted by atomic mass is 32.1. The number of ether oxygens (including phenoxy) is 1. The van der Waals surface area contributed by atoms with Crippen LogP contribution in [-0.4, -0.2) is 23.5 Å². The Bertz CT molecular complexity index is 1100. The molecule has 3 aromatic rings. The van der Waals surface area contributed by atoms with E-state index in [2.05, 4.69) is 28.1 Å². The van der Waals surface area contributed by atoms with E-state index in [1.54, 1.807) is 42.5 Å². The summed E-state index contributed by atoms with van der Waals surface area (Å²) in [5.41, 5.74) is 3.03. The van der Waals surface area contributed by atoms with E-state index in [0.29, 0.717) is 29.3 Å². The SMILES string of the molecule is CC(C)C(=O)Nc1ccc(NC(=S)NC(=O)c2cccc(OCCc3ccccc3)c2)cc1. The molecule has 0 heterocycles. The van der Waals surface area contributed by atoms with E-state index in [1.807, 2.05) is 38.1 Å². The van der Waals surface area contributed by atoms with Crippen LogP contribution in [0.5, 0.6) is 5.75 Å². The molecule has 7 heteroatoms. The largest absolute Gasteiger partial charge is 0.493 e. The van der Waals surface area contributed by atoms with Crippen molar-refractivity contribution in [2.45, 2.75) is 20.3 Å². The van der Waals surface area contributed by atoms with Crippen molar-refractivity contribution < 1.29 is 14.3 Å². The second-order valence-corrected chi connectivity index (χ2v) is 8.15. The van der Waals surface area contributed by atoms with E-state index < -0.39 is 0 Å². The first-order chi connectivity index (χ1) is 15.9. The zero-order valence-corrected chi connectivity index (χ0v) is 19.4. The number of carbonyl (C=O) groups excluding carboxylic acids is 2. The van der Waals surface area contributed by atoms with Crippen LogP contribution in [0.3, 0.4) is 0 Å². The number of hydrogen-bond acceptors (Lipinski definition) is 4. The Balaban J connectivity index is 1.49. The fourth-order valence-corrected chi connectivity index (χ4v) is 3.13. The quantitative estimate of drug-likeness (QED) is 0.410. The van der Waals surface area contributed by atoms with Crippen molar-refractivity contribution in [2.24, 2.45) is 5.92 Å². The average molecular weight is 462 g/mol. The molecule has 0 atom stereocenters. The summed E-state index contributed by atoms with van der Waals surface area (Å²) in [7, 11) is 0. The second kappa shape index (κ2) is 11.8. The number of carbonyl (C=O) groups is 2. The van der Waals surface area contributed by atoms with Crippen LogP contribution < -0.4 is 20.7 Å². The van der Waals surface area contributed by atoms with Gasteiger partial charge in [0.15, 0.2) is 5.11 Å². The van der Waals surface area contributed by atoms with Gasteiger partial charge < -0.3 is 15.4 Å². The van der Waals surface area contributed by atoms with E-state index in [9.17, 15) is 9.59 Å². The molecular formula is C26H27N3O3S. The predicted molar refractivity (Wildman–Crippen MR) is 136 cm³/mol. The van der Waals surface area contributed by atoms with E-state index >= 15 is 0 Å². The fraction of sp³-hybridized carbons (Fsp3) is 0.192. The summed E-state index contributed by atoms with van der Waals surface area (Å²) >= 11 is 5.26. The molecule has 0 bridgehead atoms. The van der Waals surface area contributed by atoms with Crippen molar-refractivity contribution in [3.8, 4) is 5.75 Å². The molecule has 3 rings (SSSR count). The molecule has 0 saturated heterocycles. The molecule has 0 aliphatic carbocycles. The van der Waals surface area contributed by atoms with Crippen LogP contribution >= 0.6 is 12.2 Å². The lowest BCUT2D eigenvalue weighted by molar-refractivity contribution is -0.118. The van der Waals surface area contributed by atoms with Gasteiger partial charge in [-0.25, -0.2) is 0 Å². The van der Waals surface area contributed by atoms with Crippen LogP contribution in [0.1, 0.15) is 29.8 Å². The lowest BCUT2D eigenvalue weighted by Crippen LogP contribution is -2.34. The summed E-state index contributed by atoms with van der Waals surface area (Å²) in [4.78, 5) is 24.4. The number of nitrogens with one attached hydrogen (secondary N) is 3. The first-order valence-corrected chi connectivity index (χ1v) is 11.1. The molecule has 0 radical (unpaired) electrons. The number of thiocarbonyl (C=S) groups is 1. The highest BCUT2D eigenvalue weighted by Crippen LogP contribution is 2.16. The Morgan fingerprint density at radius 2 is 1.55 bits per heavy atom. The van der Waals surface area contributed by atoms with Crippen LogP contribution in [0.2, 0.25) is 0 Å². The topological polar surface area (TPSA) is 79.5 Å². The van der Waals surface area contributed by atoms with Crippen LogP contribution in [-0.2, 0) is 11.2 Å². The van der Waals surface area contributed by atoms with E-state index in [-0.39, 0.29) is 22.8 Å². The molecular weight excluding hydrogens is 434 g/mol. The van der Waals surface area contributed by atoms with Gasteiger partial charge in [0.25, 0.3) is 5.91 Å². The van der Waals surface area contributed by atoms with E-state index in [4.69, 9.17) is 17.0 Å². The monoisotopic (exact) mass is 461 g/mol. The Kier molecular flexibility index (Phi) is 8.55. The molecule has 3 N–H and O–H groups in total. The van der Waals surface area contributed by atoms with Crippen LogP contribution in [0.15, 0.2) is 78.9 Å². The summed E-state index contributed by atoms with van der Waals surface area (Å²) in [5.74, 6) is 0.140. The smallest absolute Gasteiger partial charge is 0.257 e. The standard InChI is InChI=1S/C26H27N3O3S/c1-18(2)24(30)27-21-11-13-22(14-12-21)28-26(33)29-25(31)20-9-6-10-23(17-20)32-16-15-19-7-4-3-5-8-19/h3-14,17-18H,15-16H2,1-2H3,(H,27,30)(H2,28,29,31,33). The van der Waals surface area contributed by atoms with Gasteiger partial charge in [-0.1, -0.05) is 50.2 Å². The summed E-state index contributed by atoms with van der Waals surface area (Å²) in [6, 6.07) is 24.1. The zero-order chi connectivity index (χ0) is 23.6. The molecule has 0 spiro atoms. The number of benzene rings is 3. The van der Waals surface area contributed by atoms with E-state index in [0.717, 1.165) is 6.42 Å². The van der Waals surface area contributed by atoms with E-state index in [1.165, 1.54) is 5.56 Å². The summed E-state index contributed by atoms with van der Waals surface area (Å²) in [6.07, 6.45) is 0.783. The highest BCUT2D eigenvalue weighted by molar-refractivity contribution is 7.80. The third kappa shape index (κ3) is 7.73.